The summed E-state index contributed by atoms with van der Waals surface area (Å²) in [6.45, 7) is 0.572. The number of likely N-dealkylation sites (tertiary alicyclic amines) is 1. The van der Waals surface area contributed by atoms with Crippen LogP contribution in [0.3, 0.4) is 0 Å². The number of carbonyl (C=O) groups excluding carboxylic acids is 2. The van der Waals surface area contributed by atoms with E-state index in [4.69, 9.17) is 0 Å². The number of nitrogens with one attached hydrogen (secondary N) is 1. The lowest BCUT2D eigenvalue weighted by atomic mass is 9.94. The molecule has 29 heavy (non-hydrogen) atoms. The van der Waals surface area contributed by atoms with Crippen molar-refractivity contribution in [1.29, 1.82) is 0 Å². The van der Waals surface area contributed by atoms with Crippen molar-refractivity contribution in [3.8, 4) is 0 Å². The quantitative estimate of drug-likeness (QED) is 0.801. The van der Waals surface area contributed by atoms with E-state index in [0.717, 1.165) is 24.8 Å². The lowest BCUT2D eigenvalue weighted by Crippen LogP contribution is -2.40. The van der Waals surface area contributed by atoms with Crippen LogP contribution < -0.4 is 5.32 Å². The molecule has 4 rings (SSSR count). The van der Waals surface area contributed by atoms with Gasteiger partial charge < -0.3 is 10.2 Å². The maximum atomic E-state index is 13.1. The van der Waals surface area contributed by atoms with E-state index in [1.54, 1.807) is 0 Å². The highest BCUT2D eigenvalue weighted by atomic mass is 16.2. The summed E-state index contributed by atoms with van der Waals surface area (Å²) in [5.41, 5.74) is 2.28. The summed E-state index contributed by atoms with van der Waals surface area (Å²) in [5, 5.41) is 3.25. The van der Waals surface area contributed by atoms with Gasteiger partial charge in [0.2, 0.25) is 11.8 Å². The first-order chi connectivity index (χ1) is 14.2. The molecule has 1 heterocycles. The first-order valence-corrected chi connectivity index (χ1v) is 10.9. The van der Waals surface area contributed by atoms with Crippen LogP contribution in [0.2, 0.25) is 0 Å². The molecule has 2 unspecified atom stereocenters. The van der Waals surface area contributed by atoms with E-state index in [9.17, 15) is 9.59 Å². The predicted molar refractivity (Wildman–Crippen MR) is 114 cm³/mol. The van der Waals surface area contributed by atoms with Gasteiger partial charge in [-0.2, -0.15) is 0 Å². The molecule has 1 saturated heterocycles. The third-order valence-electron chi connectivity index (χ3n) is 6.35. The van der Waals surface area contributed by atoms with Gasteiger partial charge in [-0.15, -0.1) is 0 Å². The Bertz CT molecular complexity index is 815. The van der Waals surface area contributed by atoms with Gasteiger partial charge in [-0.25, -0.2) is 0 Å². The number of nitrogens with zero attached hydrogens (tertiary/aromatic N) is 1. The van der Waals surface area contributed by atoms with Crippen LogP contribution in [0, 0.1) is 5.92 Å². The molecule has 2 aliphatic rings. The molecule has 1 saturated carbocycles. The van der Waals surface area contributed by atoms with Gasteiger partial charge in [-0.05, 0) is 30.4 Å². The van der Waals surface area contributed by atoms with Crippen LogP contribution in [0.25, 0.3) is 0 Å². The number of amides is 2. The Hall–Kier alpha value is -2.62. The Balaban J connectivity index is 1.44. The third kappa shape index (κ3) is 4.87. The highest BCUT2D eigenvalue weighted by Gasteiger charge is 2.38. The van der Waals surface area contributed by atoms with E-state index >= 15 is 0 Å². The van der Waals surface area contributed by atoms with E-state index in [0.29, 0.717) is 19.0 Å². The summed E-state index contributed by atoms with van der Waals surface area (Å²) in [4.78, 5) is 27.7. The van der Waals surface area contributed by atoms with Gasteiger partial charge in [0, 0.05) is 19.0 Å². The lowest BCUT2D eigenvalue weighted by molar-refractivity contribution is -0.130. The van der Waals surface area contributed by atoms with E-state index in [1.165, 1.54) is 24.8 Å². The van der Waals surface area contributed by atoms with Crippen molar-refractivity contribution in [2.24, 2.45) is 5.92 Å². The number of hydrogen-bond donors (Lipinski definition) is 1. The molecule has 1 N–H and O–H groups in total. The average molecular weight is 391 g/mol. The normalized spacial score (nSPS) is 21.2. The second-order valence-electron chi connectivity index (χ2n) is 8.40. The van der Waals surface area contributed by atoms with Crippen molar-refractivity contribution < 1.29 is 9.59 Å². The van der Waals surface area contributed by atoms with Crippen molar-refractivity contribution >= 4 is 11.8 Å². The van der Waals surface area contributed by atoms with Crippen molar-refractivity contribution in [2.75, 3.05) is 6.54 Å². The molecule has 1 aliphatic carbocycles. The minimum atomic E-state index is -0.244. The standard InChI is InChI=1S/C25H30N2O2/c28-24-17-21(18-27(24)22-14-8-3-9-15-22)25(29)26-23(20-12-6-2-7-13-20)16-19-10-4-1-5-11-19/h1-2,4-7,10-13,21-23H,3,8-9,14-18H2,(H,26,29). The van der Waals surface area contributed by atoms with Crippen molar-refractivity contribution in [3.05, 3.63) is 71.8 Å². The van der Waals surface area contributed by atoms with E-state index < -0.39 is 0 Å². The fraction of sp³-hybridized carbons (Fsp3) is 0.440. The van der Waals surface area contributed by atoms with Gasteiger partial charge in [0.1, 0.15) is 0 Å². The van der Waals surface area contributed by atoms with Gasteiger partial charge in [0.15, 0.2) is 0 Å². The minimum absolute atomic E-state index is 0.00134. The molecule has 2 fully saturated rings. The molecule has 152 valence electrons. The van der Waals surface area contributed by atoms with Crippen LogP contribution in [-0.4, -0.2) is 29.3 Å². The molecular formula is C25H30N2O2. The molecule has 2 aromatic carbocycles. The number of benzene rings is 2. The minimum Gasteiger partial charge on any atom is -0.349 e. The molecule has 0 aromatic heterocycles. The van der Waals surface area contributed by atoms with Crippen LogP contribution in [0.4, 0.5) is 0 Å². The van der Waals surface area contributed by atoms with Gasteiger partial charge in [0.25, 0.3) is 0 Å². The SMILES string of the molecule is O=C(NC(Cc1ccccc1)c1ccccc1)C1CC(=O)N(C2CCCCC2)C1. The molecule has 0 radical (unpaired) electrons. The zero-order chi connectivity index (χ0) is 20.1. The zero-order valence-corrected chi connectivity index (χ0v) is 16.9. The highest BCUT2D eigenvalue weighted by molar-refractivity contribution is 5.89. The molecule has 4 nitrogen and oxygen atoms in total. The summed E-state index contributed by atoms with van der Waals surface area (Å²) in [6.07, 6.45) is 6.90. The summed E-state index contributed by atoms with van der Waals surface area (Å²) in [7, 11) is 0. The Kier molecular flexibility index (Phi) is 6.28. The van der Waals surface area contributed by atoms with Crippen LogP contribution in [0.1, 0.15) is 55.7 Å². The average Bonchev–Trinajstić information content (AvgIpc) is 3.17. The van der Waals surface area contributed by atoms with E-state index in [-0.39, 0.29) is 23.8 Å². The number of rotatable bonds is 6. The fourth-order valence-electron chi connectivity index (χ4n) is 4.73. The first kappa shape index (κ1) is 19.7. The maximum absolute atomic E-state index is 13.1. The Morgan fingerprint density at radius 2 is 1.62 bits per heavy atom. The monoisotopic (exact) mass is 390 g/mol. The van der Waals surface area contributed by atoms with Crippen LogP contribution in [0.5, 0.6) is 0 Å². The first-order valence-electron chi connectivity index (χ1n) is 10.9. The Labute approximate surface area is 173 Å². The second kappa shape index (κ2) is 9.25. The van der Waals surface area contributed by atoms with E-state index in [2.05, 4.69) is 29.6 Å². The largest absolute Gasteiger partial charge is 0.349 e. The highest BCUT2D eigenvalue weighted by Crippen LogP contribution is 2.29. The fourth-order valence-corrected chi connectivity index (χ4v) is 4.73. The van der Waals surface area contributed by atoms with Gasteiger partial charge in [-0.1, -0.05) is 79.9 Å². The number of carbonyl (C=O) groups is 2. The van der Waals surface area contributed by atoms with Crippen LogP contribution in [0.15, 0.2) is 60.7 Å². The van der Waals surface area contributed by atoms with Crippen LogP contribution >= 0.6 is 0 Å². The predicted octanol–water partition coefficient (Wildman–Crippen LogP) is 4.27. The van der Waals surface area contributed by atoms with E-state index in [1.807, 2.05) is 41.3 Å². The molecule has 0 bridgehead atoms. The zero-order valence-electron chi connectivity index (χ0n) is 16.9. The second-order valence-corrected chi connectivity index (χ2v) is 8.40. The third-order valence-corrected chi connectivity index (χ3v) is 6.35. The molecule has 2 amide bonds. The summed E-state index contributed by atoms with van der Waals surface area (Å²) >= 11 is 0. The summed E-state index contributed by atoms with van der Waals surface area (Å²) in [6, 6.07) is 20.6. The molecule has 4 heteroatoms. The van der Waals surface area contributed by atoms with Crippen molar-refractivity contribution in [3.63, 3.8) is 0 Å². The molecule has 2 aromatic rings. The van der Waals surface area contributed by atoms with Crippen molar-refractivity contribution in [2.45, 2.75) is 57.0 Å². The lowest BCUT2D eigenvalue weighted by Gasteiger charge is -2.31. The maximum Gasteiger partial charge on any atom is 0.225 e. The van der Waals surface area contributed by atoms with Gasteiger partial charge >= 0.3 is 0 Å². The van der Waals surface area contributed by atoms with Gasteiger partial charge in [0.05, 0.1) is 12.0 Å². The topological polar surface area (TPSA) is 49.4 Å². The molecule has 0 spiro atoms. The molecular weight excluding hydrogens is 360 g/mol. The van der Waals surface area contributed by atoms with Crippen LogP contribution in [-0.2, 0) is 16.0 Å². The Morgan fingerprint density at radius 1 is 0.966 bits per heavy atom. The Morgan fingerprint density at radius 3 is 2.31 bits per heavy atom. The summed E-state index contributed by atoms with van der Waals surface area (Å²) < 4.78 is 0. The van der Waals surface area contributed by atoms with Gasteiger partial charge in [-0.3, -0.25) is 9.59 Å². The van der Waals surface area contributed by atoms with Crippen molar-refractivity contribution in [1.82, 2.24) is 10.2 Å². The molecule has 2 atom stereocenters. The smallest absolute Gasteiger partial charge is 0.225 e. The number of hydrogen-bond acceptors (Lipinski definition) is 2. The summed E-state index contributed by atoms with van der Waals surface area (Å²) in [5.74, 6) is -0.0933. The molecule has 1 aliphatic heterocycles.